The minimum Gasteiger partial charge on any atom is -0.505 e. The van der Waals surface area contributed by atoms with Gasteiger partial charge in [-0.2, -0.15) is 0 Å². The van der Waals surface area contributed by atoms with Gasteiger partial charge in [-0.15, -0.1) is 0 Å². The molecule has 0 aliphatic heterocycles. The summed E-state index contributed by atoms with van der Waals surface area (Å²) in [5, 5.41) is 12.4. The summed E-state index contributed by atoms with van der Waals surface area (Å²) in [4.78, 5) is 23.3. The van der Waals surface area contributed by atoms with Gasteiger partial charge in [0.15, 0.2) is 11.5 Å². The molecule has 104 valence electrons. The molecule has 2 rings (SSSR count). The van der Waals surface area contributed by atoms with Crippen molar-refractivity contribution in [3.63, 3.8) is 0 Å². The van der Waals surface area contributed by atoms with E-state index in [1.165, 1.54) is 31.4 Å². The number of hydrogen-bond acceptors (Lipinski definition) is 5. The highest BCUT2D eigenvalue weighted by Gasteiger charge is 2.17. The number of benzene rings is 1. The van der Waals surface area contributed by atoms with Gasteiger partial charge < -0.3 is 19.6 Å². The molecular formula is C14H13NO5. The van der Waals surface area contributed by atoms with E-state index in [-0.39, 0.29) is 22.8 Å². The molecule has 2 aromatic rings. The Kier molecular flexibility index (Phi) is 3.74. The summed E-state index contributed by atoms with van der Waals surface area (Å²) in [6.45, 7) is 1.71. The van der Waals surface area contributed by atoms with Crippen molar-refractivity contribution in [3.8, 4) is 5.75 Å². The Morgan fingerprint density at radius 3 is 2.60 bits per heavy atom. The van der Waals surface area contributed by atoms with Crippen molar-refractivity contribution in [2.45, 2.75) is 6.92 Å². The molecule has 6 nitrogen and oxygen atoms in total. The molecule has 0 aliphatic rings. The number of nitrogens with one attached hydrogen (secondary N) is 1. The fraction of sp³-hybridized carbons (Fsp3) is 0.143. The number of phenols is 1. The number of aromatic hydroxyl groups is 1. The van der Waals surface area contributed by atoms with Crippen LogP contribution in [0.1, 0.15) is 26.7 Å². The number of esters is 1. The number of methoxy groups -OCH3 is 1. The molecule has 0 radical (unpaired) electrons. The molecule has 1 aromatic heterocycles. The summed E-state index contributed by atoms with van der Waals surface area (Å²) in [6, 6.07) is 7.56. The molecule has 0 atom stereocenters. The average molecular weight is 275 g/mol. The van der Waals surface area contributed by atoms with Crippen LogP contribution in [-0.2, 0) is 4.74 Å². The summed E-state index contributed by atoms with van der Waals surface area (Å²) in [5.74, 6) is -0.841. The van der Waals surface area contributed by atoms with E-state index in [2.05, 4.69) is 10.1 Å². The van der Waals surface area contributed by atoms with E-state index in [4.69, 9.17) is 4.42 Å². The molecule has 1 amide bonds. The van der Waals surface area contributed by atoms with Crippen LogP contribution in [-0.4, -0.2) is 24.1 Å². The number of ether oxygens (including phenoxy) is 1. The van der Waals surface area contributed by atoms with Crippen molar-refractivity contribution in [1.29, 1.82) is 0 Å². The molecule has 1 heterocycles. The van der Waals surface area contributed by atoms with Gasteiger partial charge in [-0.25, -0.2) is 4.79 Å². The maximum Gasteiger partial charge on any atom is 0.341 e. The lowest BCUT2D eigenvalue weighted by molar-refractivity contribution is 0.0597. The Balaban J connectivity index is 2.26. The van der Waals surface area contributed by atoms with Gasteiger partial charge in [0.2, 0.25) is 0 Å². The molecule has 0 spiro atoms. The Hall–Kier alpha value is -2.76. The maximum atomic E-state index is 11.9. The van der Waals surface area contributed by atoms with Crippen molar-refractivity contribution in [3.05, 3.63) is 47.4 Å². The molecule has 0 bridgehead atoms. The molecule has 20 heavy (non-hydrogen) atoms. The highest BCUT2D eigenvalue weighted by molar-refractivity contribution is 6.04. The first-order valence-electron chi connectivity index (χ1n) is 5.81. The average Bonchev–Trinajstić information content (AvgIpc) is 2.87. The number of amides is 1. The fourth-order valence-electron chi connectivity index (χ4n) is 1.66. The summed E-state index contributed by atoms with van der Waals surface area (Å²) in [5.41, 5.74) is 0.0767. The molecular weight excluding hydrogens is 262 g/mol. The fourth-order valence-corrected chi connectivity index (χ4v) is 1.66. The largest absolute Gasteiger partial charge is 0.505 e. The van der Waals surface area contributed by atoms with Crippen LogP contribution < -0.4 is 5.32 Å². The van der Waals surface area contributed by atoms with E-state index in [0.29, 0.717) is 5.76 Å². The first kappa shape index (κ1) is 13.7. The number of phenolic OH excluding ortho intramolecular Hbond substituents is 1. The van der Waals surface area contributed by atoms with Crippen molar-refractivity contribution in [2.75, 3.05) is 12.4 Å². The predicted octanol–water partition coefficient (Wildman–Crippen LogP) is 2.33. The number of hydrogen-bond donors (Lipinski definition) is 2. The second-order valence-corrected chi connectivity index (χ2v) is 4.06. The van der Waals surface area contributed by atoms with Gasteiger partial charge in [0.25, 0.3) is 5.91 Å². The Bertz CT molecular complexity index is 659. The number of anilines is 1. The summed E-state index contributed by atoms with van der Waals surface area (Å²) < 4.78 is 9.71. The Morgan fingerprint density at radius 2 is 2.00 bits per heavy atom. The minimum absolute atomic E-state index is 0.0269. The van der Waals surface area contributed by atoms with Gasteiger partial charge in [-0.1, -0.05) is 6.07 Å². The smallest absolute Gasteiger partial charge is 0.341 e. The maximum absolute atomic E-state index is 11.9. The number of carbonyl (C=O) groups is 2. The van der Waals surface area contributed by atoms with E-state index in [0.717, 1.165) is 0 Å². The van der Waals surface area contributed by atoms with E-state index < -0.39 is 11.9 Å². The second kappa shape index (κ2) is 5.48. The van der Waals surface area contributed by atoms with Crippen molar-refractivity contribution in [2.24, 2.45) is 0 Å². The lowest BCUT2D eigenvalue weighted by atomic mass is 10.1. The molecule has 0 saturated carbocycles. The van der Waals surface area contributed by atoms with Crippen LogP contribution in [0.4, 0.5) is 5.69 Å². The third-order valence-corrected chi connectivity index (χ3v) is 2.65. The van der Waals surface area contributed by atoms with Gasteiger partial charge in [0.1, 0.15) is 11.3 Å². The van der Waals surface area contributed by atoms with Crippen LogP contribution >= 0.6 is 0 Å². The van der Waals surface area contributed by atoms with E-state index in [9.17, 15) is 14.7 Å². The molecule has 0 fully saturated rings. The van der Waals surface area contributed by atoms with Crippen LogP contribution in [0.15, 0.2) is 34.7 Å². The van der Waals surface area contributed by atoms with Gasteiger partial charge in [0, 0.05) is 0 Å². The zero-order valence-corrected chi connectivity index (χ0v) is 11.0. The summed E-state index contributed by atoms with van der Waals surface area (Å²) in [6.07, 6.45) is 0. The summed E-state index contributed by atoms with van der Waals surface area (Å²) in [7, 11) is 1.21. The van der Waals surface area contributed by atoms with E-state index in [1.54, 1.807) is 13.0 Å². The monoisotopic (exact) mass is 275 g/mol. The van der Waals surface area contributed by atoms with Crippen LogP contribution in [0.5, 0.6) is 5.75 Å². The lowest BCUT2D eigenvalue weighted by Crippen LogP contribution is -2.12. The molecule has 0 unspecified atom stereocenters. The zero-order chi connectivity index (χ0) is 14.7. The minimum atomic E-state index is -0.688. The Morgan fingerprint density at radius 1 is 1.25 bits per heavy atom. The second-order valence-electron chi connectivity index (χ2n) is 4.06. The molecule has 2 N–H and O–H groups in total. The quantitative estimate of drug-likeness (QED) is 0.663. The number of carbonyl (C=O) groups excluding carboxylic acids is 2. The number of rotatable bonds is 3. The van der Waals surface area contributed by atoms with Crippen molar-refractivity contribution < 1.29 is 23.8 Å². The molecule has 0 aliphatic carbocycles. The van der Waals surface area contributed by atoms with Crippen molar-refractivity contribution >= 4 is 17.6 Å². The first-order chi connectivity index (χ1) is 9.52. The van der Waals surface area contributed by atoms with Gasteiger partial charge in [-0.05, 0) is 31.2 Å². The summed E-state index contributed by atoms with van der Waals surface area (Å²) >= 11 is 0. The number of para-hydroxylation sites is 1. The first-order valence-corrected chi connectivity index (χ1v) is 5.81. The number of aryl methyl sites for hydroxylation is 1. The van der Waals surface area contributed by atoms with Crippen LogP contribution in [0.2, 0.25) is 0 Å². The molecule has 6 heteroatoms. The van der Waals surface area contributed by atoms with Crippen LogP contribution in [0, 0.1) is 6.92 Å². The number of furan rings is 1. The van der Waals surface area contributed by atoms with Crippen LogP contribution in [0.3, 0.4) is 0 Å². The van der Waals surface area contributed by atoms with E-state index >= 15 is 0 Å². The third-order valence-electron chi connectivity index (χ3n) is 2.65. The zero-order valence-electron chi connectivity index (χ0n) is 11.0. The lowest BCUT2D eigenvalue weighted by Gasteiger charge is -2.08. The van der Waals surface area contributed by atoms with Gasteiger partial charge in [-0.3, -0.25) is 4.79 Å². The van der Waals surface area contributed by atoms with E-state index in [1.807, 2.05) is 0 Å². The SMILES string of the molecule is COC(=O)c1cccc(NC(=O)c2ccc(C)o2)c1O. The highest BCUT2D eigenvalue weighted by atomic mass is 16.5. The standard InChI is InChI=1S/C14H13NO5/c1-8-6-7-11(20-8)13(17)15-10-5-3-4-9(12(10)16)14(18)19-2/h3-7,16H,1-2H3,(H,15,17). The van der Waals surface area contributed by atoms with Gasteiger partial charge in [0.05, 0.1) is 12.8 Å². The topological polar surface area (TPSA) is 88.8 Å². The molecule has 1 aromatic carbocycles. The van der Waals surface area contributed by atoms with Crippen LogP contribution in [0.25, 0.3) is 0 Å². The van der Waals surface area contributed by atoms with Crippen molar-refractivity contribution in [1.82, 2.24) is 0 Å². The Labute approximate surface area is 115 Å². The normalized spacial score (nSPS) is 10.1. The third kappa shape index (κ3) is 2.64. The molecule has 0 saturated heterocycles. The predicted molar refractivity (Wildman–Crippen MR) is 70.8 cm³/mol. The highest BCUT2D eigenvalue weighted by Crippen LogP contribution is 2.28. The van der Waals surface area contributed by atoms with Gasteiger partial charge >= 0.3 is 5.97 Å².